The van der Waals surface area contributed by atoms with Crippen LogP contribution >= 0.6 is 0 Å². The van der Waals surface area contributed by atoms with E-state index in [-0.39, 0.29) is 35.4 Å². The monoisotopic (exact) mass is 529 g/mol. The van der Waals surface area contributed by atoms with Crippen molar-refractivity contribution in [3.05, 3.63) is 96.6 Å². The van der Waals surface area contributed by atoms with Gasteiger partial charge in [-0.15, -0.1) is 0 Å². The molecule has 4 rings (SSSR count). The van der Waals surface area contributed by atoms with E-state index >= 15 is 0 Å². The van der Waals surface area contributed by atoms with Crippen molar-refractivity contribution >= 4 is 30.6 Å². The van der Waals surface area contributed by atoms with Crippen LogP contribution in [-0.4, -0.2) is 42.3 Å². The van der Waals surface area contributed by atoms with Crippen molar-refractivity contribution in [2.75, 3.05) is 0 Å². The van der Waals surface area contributed by atoms with Gasteiger partial charge in [0, 0.05) is 25.6 Å². The van der Waals surface area contributed by atoms with E-state index in [2.05, 4.69) is 69.3 Å². The molecule has 0 aromatic heterocycles. The van der Waals surface area contributed by atoms with Crippen molar-refractivity contribution in [3.63, 3.8) is 0 Å². The first-order valence-corrected chi connectivity index (χ1v) is 15.3. The lowest BCUT2D eigenvalue weighted by molar-refractivity contribution is -0.140. The molecule has 1 fully saturated rings. The maximum absolute atomic E-state index is 12.9. The molecule has 1 aliphatic rings. The summed E-state index contributed by atoms with van der Waals surface area (Å²) < 4.78 is 7.37. The minimum atomic E-state index is -2.80. The smallest absolute Gasteiger partial charge is 0.303 e. The number of hydrogen-bond donors (Lipinski definition) is 1. The molecule has 0 bridgehead atoms. The zero-order valence-corrected chi connectivity index (χ0v) is 23.8. The molecule has 6 heteroatoms. The summed E-state index contributed by atoms with van der Waals surface area (Å²) in [4.78, 5) is 26.7. The van der Waals surface area contributed by atoms with Crippen molar-refractivity contribution in [3.8, 4) is 0 Å². The Kier molecular flexibility index (Phi) is 8.53. The minimum absolute atomic E-state index is 0.0177. The SMILES string of the molecule is CC(=O)N(Cc1ccccc1)C1CC(O[Si](c2ccccc2)(c2ccccc2)C(C)(C)C)CC1CC(=O)O. The van der Waals surface area contributed by atoms with Crippen molar-refractivity contribution in [1.29, 1.82) is 0 Å². The van der Waals surface area contributed by atoms with Gasteiger partial charge >= 0.3 is 5.97 Å². The van der Waals surface area contributed by atoms with E-state index in [1.165, 1.54) is 10.4 Å². The van der Waals surface area contributed by atoms with Crippen LogP contribution in [0.3, 0.4) is 0 Å². The number of amides is 1. The average Bonchev–Trinajstić information content (AvgIpc) is 3.27. The summed E-state index contributed by atoms with van der Waals surface area (Å²) in [6.07, 6.45) is 1.09. The third kappa shape index (κ3) is 5.92. The van der Waals surface area contributed by atoms with E-state index in [0.29, 0.717) is 19.4 Å². The van der Waals surface area contributed by atoms with Gasteiger partial charge in [0.25, 0.3) is 8.32 Å². The predicted molar refractivity (Wildman–Crippen MR) is 154 cm³/mol. The molecular weight excluding hydrogens is 490 g/mol. The molecule has 0 heterocycles. The average molecular weight is 530 g/mol. The maximum Gasteiger partial charge on any atom is 0.303 e. The molecule has 200 valence electrons. The first kappa shape index (κ1) is 27.8. The summed E-state index contributed by atoms with van der Waals surface area (Å²) in [5.74, 6) is -1.06. The standard InChI is InChI=1S/C32H39NO4Si/c1-24(34)33(23-25-14-8-5-9-15-25)30-22-27(20-26(30)21-31(35)36)37-38(32(2,3)4,28-16-10-6-11-17-28)29-18-12-7-13-19-29/h5-19,26-27,30H,20-23H2,1-4H3,(H,35,36). The highest BCUT2D eigenvalue weighted by Crippen LogP contribution is 2.42. The number of carboxylic acid groups (broad SMARTS) is 1. The molecule has 3 unspecified atom stereocenters. The van der Waals surface area contributed by atoms with Gasteiger partial charge in [0.1, 0.15) is 0 Å². The molecule has 3 aromatic rings. The van der Waals surface area contributed by atoms with Crippen LogP contribution < -0.4 is 10.4 Å². The second-order valence-electron chi connectivity index (χ2n) is 11.4. The lowest BCUT2D eigenvalue weighted by Gasteiger charge is -2.44. The van der Waals surface area contributed by atoms with Gasteiger partial charge in [-0.05, 0) is 39.7 Å². The Labute approximate surface area is 227 Å². The summed E-state index contributed by atoms with van der Waals surface area (Å²) in [6, 6.07) is 30.7. The number of carbonyl (C=O) groups is 2. The molecule has 1 saturated carbocycles. The van der Waals surface area contributed by atoms with Crippen molar-refractivity contribution in [2.24, 2.45) is 5.92 Å². The molecule has 3 aromatic carbocycles. The van der Waals surface area contributed by atoms with E-state index in [0.717, 1.165) is 5.56 Å². The Morgan fingerprint density at radius 1 is 0.868 bits per heavy atom. The first-order valence-electron chi connectivity index (χ1n) is 13.4. The Bertz CT molecular complexity index is 1170. The molecule has 1 aliphatic carbocycles. The fourth-order valence-electron chi connectivity index (χ4n) is 6.16. The molecule has 5 nitrogen and oxygen atoms in total. The molecule has 1 amide bonds. The topological polar surface area (TPSA) is 66.8 Å². The van der Waals surface area contributed by atoms with Crippen molar-refractivity contribution in [1.82, 2.24) is 4.90 Å². The minimum Gasteiger partial charge on any atom is -0.481 e. The summed E-state index contributed by atoms with van der Waals surface area (Å²) in [5, 5.41) is 12.0. The van der Waals surface area contributed by atoms with Crippen LogP contribution in [0.2, 0.25) is 5.04 Å². The van der Waals surface area contributed by atoms with E-state index in [9.17, 15) is 14.7 Å². The number of carbonyl (C=O) groups excluding carboxylic acids is 1. The highest BCUT2D eigenvalue weighted by molar-refractivity contribution is 6.99. The highest BCUT2D eigenvalue weighted by atomic mass is 28.4. The van der Waals surface area contributed by atoms with Crippen LogP contribution in [0.4, 0.5) is 0 Å². The van der Waals surface area contributed by atoms with Crippen LogP contribution in [0.25, 0.3) is 0 Å². The maximum atomic E-state index is 12.9. The van der Waals surface area contributed by atoms with Gasteiger partial charge in [0.05, 0.1) is 6.42 Å². The van der Waals surface area contributed by atoms with Crippen LogP contribution in [-0.2, 0) is 20.6 Å². The molecular formula is C32H39NO4Si. The summed E-state index contributed by atoms with van der Waals surface area (Å²) in [6.45, 7) is 8.78. The lowest BCUT2D eigenvalue weighted by atomic mass is 9.97. The van der Waals surface area contributed by atoms with E-state index in [4.69, 9.17) is 4.43 Å². The van der Waals surface area contributed by atoms with Crippen molar-refractivity contribution in [2.45, 2.75) is 70.7 Å². The quantitative estimate of drug-likeness (QED) is 0.385. The molecule has 0 aliphatic heterocycles. The number of nitrogens with zero attached hydrogens (tertiary/aromatic N) is 1. The lowest BCUT2D eigenvalue weighted by Crippen LogP contribution is -2.67. The van der Waals surface area contributed by atoms with Gasteiger partial charge in [0.15, 0.2) is 0 Å². The summed E-state index contributed by atoms with van der Waals surface area (Å²) in [5.41, 5.74) is 1.04. The van der Waals surface area contributed by atoms with Gasteiger partial charge in [0.2, 0.25) is 5.91 Å². The Hall–Kier alpha value is -3.22. The van der Waals surface area contributed by atoms with Gasteiger partial charge < -0.3 is 14.4 Å². The van der Waals surface area contributed by atoms with E-state index in [1.807, 2.05) is 47.4 Å². The molecule has 0 saturated heterocycles. The van der Waals surface area contributed by atoms with Gasteiger partial charge in [-0.1, -0.05) is 112 Å². The molecule has 38 heavy (non-hydrogen) atoms. The second-order valence-corrected chi connectivity index (χ2v) is 15.7. The largest absolute Gasteiger partial charge is 0.481 e. The molecule has 0 radical (unpaired) electrons. The van der Waals surface area contributed by atoms with Gasteiger partial charge in [-0.25, -0.2) is 0 Å². The molecule has 0 spiro atoms. The number of carboxylic acids is 1. The fourth-order valence-corrected chi connectivity index (χ4v) is 10.9. The number of hydrogen-bond acceptors (Lipinski definition) is 3. The summed E-state index contributed by atoms with van der Waals surface area (Å²) in [7, 11) is -2.80. The van der Waals surface area contributed by atoms with E-state index < -0.39 is 14.3 Å². The number of aliphatic carboxylic acids is 1. The normalized spacial score (nSPS) is 19.7. The Morgan fingerprint density at radius 3 is 1.82 bits per heavy atom. The van der Waals surface area contributed by atoms with Gasteiger partial charge in [-0.2, -0.15) is 0 Å². The Balaban J connectivity index is 1.73. The van der Waals surface area contributed by atoms with Crippen molar-refractivity contribution < 1.29 is 19.1 Å². The zero-order chi connectivity index (χ0) is 27.3. The number of benzene rings is 3. The van der Waals surface area contributed by atoms with Gasteiger partial charge in [-0.3, -0.25) is 9.59 Å². The van der Waals surface area contributed by atoms with E-state index in [1.54, 1.807) is 6.92 Å². The first-order chi connectivity index (χ1) is 18.1. The fraction of sp³-hybridized carbons (Fsp3) is 0.375. The zero-order valence-electron chi connectivity index (χ0n) is 22.8. The number of rotatable bonds is 9. The third-order valence-corrected chi connectivity index (χ3v) is 12.9. The third-order valence-electron chi connectivity index (χ3n) is 7.81. The highest BCUT2D eigenvalue weighted by Gasteiger charge is 2.53. The van der Waals surface area contributed by atoms with Crippen LogP contribution in [0.15, 0.2) is 91.0 Å². The predicted octanol–water partition coefficient (Wildman–Crippen LogP) is 5.23. The second kappa shape index (κ2) is 11.7. The summed E-state index contributed by atoms with van der Waals surface area (Å²) >= 11 is 0. The van der Waals surface area contributed by atoms with Crippen LogP contribution in [0.5, 0.6) is 0 Å². The van der Waals surface area contributed by atoms with Crippen LogP contribution in [0.1, 0.15) is 52.5 Å². The van der Waals surface area contributed by atoms with Crippen LogP contribution in [0, 0.1) is 5.92 Å². The Morgan fingerprint density at radius 2 is 1.37 bits per heavy atom. The molecule has 1 N–H and O–H groups in total. The molecule has 3 atom stereocenters.